The van der Waals surface area contributed by atoms with E-state index in [-0.39, 0.29) is 5.69 Å². The fraction of sp³-hybridized carbons (Fsp3) is 0.467. The lowest BCUT2D eigenvalue weighted by Gasteiger charge is -2.30. The lowest BCUT2D eigenvalue weighted by atomic mass is 9.94. The zero-order valence-electron chi connectivity index (χ0n) is 11.6. The van der Waals surface area contributed by atoms with Crippen molar-refractivity contribution in [2.75, 3.05) is 20.1 Å². The van der Waals surface area contributed by atoms with Gasteiger partial charge in [0.25, 0.3) is 0 Å². The number of aromatic nitrogens is 1. The van der Waals surface area contributed by atoms with Crippen molar-refractivity contribution in [3.05, 3.63) is 29.1 Å². The van der Waals surface area contributed by atoms with Crippen LogP contribution in [0.1, 0.15) is 34.6 Å². The van der Waals surface area contributed by atoms with E-state index in [4.69, 9.17) is 5.11 Å². The Morgan fingerprint density at radius 3 is 2.70 bits per heavy atom. The van der Waals surface area contributed by atoms with Crippen LogP contribution in [0, 0.1) is 18.8 Å². The summed E-state index contributed by atoms with van der Waals surface area (Å²) >= 11 is 0. The highest BCUT2D eigenvalue weighted by Gasteiger charge is 2.31. The van der Waals surface area contributed by atoms with E-state index < -0.39 is 11.6 Å². The molecule has 1 saturated heterocycles. The Labute approximate surface area is 117 Å². The Balaban J connectivity index is 2.22. The number of alkyl halides is 1. The van der Waals surface area contributed by atoms with Gasteiger partial charge in [0.2, 0.25) is 0 Å². The number of rotatable bonds is 1. The second-order valence-electron chi connectivity index (χ2n) is 5.21. The molecule has 4 nitrogen and oxygen atoms in total. The average Bonchev–Trinajstić information content (AvgIpc) is 2.40. The van der Waals surface area contributed by atoms with Crippen molar-refractivity contribution in [3.8, 4) is 11.8 Å². The molecule has 0 unspecified atom stereocenters. The van der Waals surface area contributed by atoms with E-state index in [2.05, 4.69) is 21.7 Å². The molecule has 1 fully saturated rings. The van der Waals surface area contributed by atoms with Crippen LogP contribution in [0.2, 0.25) is 0 Å². The Bertz CT molecular complexity index is 581. The lowest BCUT2D eigenvalue weighted by Crippen LogP contribution is -2.38. The van der Waals surface area contributed by atoms with Crippen LogP contribution in [0.5, 0.6) is 0 Å². The van der Waals surface area contributed by atoms with Crippen LogP contribution in [0.15, 0.2) is 12.1 Å². The third kappa shape index (κ3) is 3.55. The Hall–Kier alpha value is -1.93. The standard InChI is InChI=1S/C15H17FN2O2/c1-11-9-12(10-13(17-11)14(19)20)3-4-15(16)5-7-18(2)8-6-15/h9-10H,5-8H2,1-2H3,(H,19,20). The highest BCUT2D eigenvalue weighted by molar-refractivity contribution is 5.85. The fourth-order valence-corrected chi connectivity index (χ4v) is 2.13. The molecule has 0 bridgehead atoms. The maximum Gasteiger partial charge on any atom is 0.354 e. The largest absolute Gasteiger partial charge is 0.477 e. The molecule has 5 heteroatoms. The lowest BCUT2D eigenvalue weighted by molar-refractivity contribution is 0.0690. The minimum atomic E-state index is -1.48. The third-order valence-electron chi connectivity index (χ3n) is 3.38. The third-order valence-corrected chi connectivity index (χ3v) is 3.38. The number of hydrogen-bond donors (Lipinski definition) is 1. The van der Waals surface area contributed by atoms with Crippen molar-refractivity contribution in [2.24, 2.45) is 0 Å². The summed E-state index contributed by atoms with van der Waals surface area (Å²) in [4.78, 5) is 16.9. The molecule has 1 aliphatic rings. The number of halogens is 1. The monoisotopic (exact) mass is 276 g/mol. The van der Waals surface area contributed by atoms with E-state index in [1.807, 2.05) is 7.05 Å². The minimum Gasteiger partial charge on any atom is -0.477 e. The summed E-state index contributed by atoms with van der Waals surface area (Å²) in [5.74, 6) is 4.32. The molecule has 1 aliphatic heterocycles. The van der Waals surface area contributed by atoms with Gasteiger partial charge in [0.05, 0.1) is 0 Å². The number of piperidine rings is 1. The summed E-state index contributed by atoms with van der Waals surface area (Å²) in [7, 11) is 1.96. The summed E-state index contributed by atoms with van der Waals surface area (Å²) < 4.78 is 14.5. The molecular formula is C15H17FN2O2. The molecular weight excluding hydrogens is 259 g/mol. The number of hydrogen-bond acceptors (Lipinski definition) is 3. The molecule has 0 aliphatic carbocycles. The van der Waals surface area contributed by atoms with Gasteiger partial charge in [-0.3, -0.25) is 0 Å². The van der Waals surface area contributed by atoms with Crippen LogP contribution in [-0.2, 0) is 0 Å². The molecule has 0 spiro atoms. The summed E-state index contributed by atoms with van der Waals surface area (Å²) in [5, 5.41) is 8.94. The van der Waals surface area contributed by atoms with Gasteiger partial charge in [-0.2, -0.15) is 0 Å². The Morgan fingerprint density at radius 1 is 1.45 bits per heavy atom. The van der Waals surface area contributed by atoms with Crippen LogP contribution in [0.25, 0.3) is 0 Å². The maximum atomic E-state index is 14.5. The van der Waals surface area contributed by atoms with Crippen molar-refractivity contribution in [2.45, 2.75) is 25.4 Å². The Morgan fingerprint density at radius 2 is 2.10 bits per heavy atom. The number of carboxylic acids is 1. The summed E-state index contributed by atoms with van der Waals surface area (Å²) in [6.07, 6.45) is 0.763. The number of carbonyl (C=O) groups is 1. The highest BCUT2D eigenvalue weighted by atomic mass is 19.1. The molecule has 1 aromatic rings. The van der Waals surface area contributed by atoms with Gasteiger partial charge in [0.15, 0.2) is 5.67 Å². The molecule has 2 heterocycles. The molecule has 0 amide bonds. The predicted molar refractivity (Wildman–Crippen MR) is 73.4 cm³/mol. The number of likely N-dealkylation sites (tertiary alicyclic amines) is 1. The smallest absolute Gasteiger partial charge is 0.354 e. The topological polar surface area (TPSA) is 53.4 Å². The van der Waals surface area contributed by atoms with Crippen molar-refractivity contribution in [1.82, 2.24) is 9.88 Å². The average molecular weight is 276 g/mol. The van der Waals surface area contributed by atoms with Gasteiger partial charge in [-0.05, 0) is 26.1 Å². The maximum absolute atomic E-state index is 14.5. The SMILES string of the molecule is Cc1cc(C#CC2(F)CCN(C)CC2)cc(C(=O)O)n1. The summed E-state index contributed by atoms with van der Waals surface area (Å²) in [5.41, 5.74) is -0.491. The van der Waals surface area contributed by atoms with E-state index in [9.17, 15) is 9.18 Å². The first-order valence-corrected chi connectivity index (χ1v) is 6.51. The van der Waals surface area contributed by atoms with Crippen molar-refractivity contribution in [1.29, 1.82) is 0 Å². The van der Waals surface area contributed by atoms with E-state index >= 15 is 0 Å². The quantitative estimate of drug-likeness (QED) is 0.796. The van der Waals surface area contributed by atoms with Gasteiger partial charge in [-0.15, -0.1) is 0 Å². The Kier molecular flexibility index (Phi) is 4.05. The first-order valence-electron chi connectivity index (χ1n) is 6.51. The second-order valence-corrected chi connectivity index (χ2v) is 5.21. The van der Waals surface area contributed by atoms with Gasteiger partial charge in [-0.1, -0.05) is 11.8 Å². The van der Waals surface area contributed by atoms with E-state index in [0.717, 1.165) is 0 Å². The number of nitrogens with zero attached hydrogens (tertiary/aromatic N) is 2. The van der Waals surface area contributed by atoms with Gasteiger partial charge in [0.1, 0.15) is 5.69 Å². The number of pyridine rings is 1. The van der Waals surface area contributed by atoms with Gasteiger partial charge in [0, 0.05) is 37.2 Å². The first-order chi connectivity index (χ1) is 9.38. The first kappa shape index (κ1) is 14.5. The molecule has 20 heavy (non-hydrogen) atoms. The van der Waals surface area contributed by atoms with Crippen LogP contribution < -0.4 is 0 Å². The van der Waals surface area contributed by atoms with Crippen LogP contribution in [0.4, 0.5) is 4.39 Å². The van der Waals surface area contributed by atoms with E-state index in [1.54, 1.807) is 13.0 Å². The molecule has 1 N–H and O–H groups in total. The highest BCUT2D eigenvalue weighted by Crippen LogP contribution is 2.25. The zero-order chi connectivity index (χ0) is 14.8. The second kappa shape index (κ2) is 5.59. The van der Waals surface area contributed by atoms with Gasteiger partial charge < -0.3 is 10.0 Å². The molecule has 106 valence electrons. The van der Waals surface area contributed by atoms with Gasteiger partial charge >= 0.3 is 5.97 Å². The normalized spacial score (nSPS) is 18.1. The predicted octanol–water partition coefficient (Wildman–Crippen LogP) is 1.87. The molecule has 1 aromatic heterocycles. The van der Waals surface area contributed by atoms with E-state index in [1.165, 1.54) is 6.07 Å². The van der Waals surface area contributed by atoms with E-state index in [0.29, 0.717) is 37.2 Å². The van der Waals surface area contributed by atoms with Crippen molar-refractivity contribution >= 4 is 5.97 Å². The molecule has 0 radical (unpaired) electrons. The fourth-order valence-electron chi connectivity index (χ4n) is 2.13. The van der Waals surface area contributed by atoms with Crippen LogP contribution in [0.3, 0.4) is 0 Å². The van der Waals surface area contributed by atoms with Crippen molar-refractivity contribution in [3.63, 3.8) is 0 Å². The molecule has 0 atom stereocenters. The van der Waals surface area contributed by atoms with Crippen molar-refractivity contribution < 1.29 is 14.3 Å². The minimum absolute atomic E-state index is 0.0643. The number of aryl methyl sites for hydroxylation is 1. The molecule has 0 saturated carbocycles. The van der Waals surface area contributed by atoms with Crippen LogP contribution >= 0.6 is 0 Å². The number of aromatic carboxylic acids is 1. The number of carboxylic acid groups (broad SMARTS) is 1. The van der Waals surface area contributed by atoms with Crippen LogP contribution in [-0.4, -0.2) is 46.8 Å². The molecule has 0 aromatic carbocycles. The summed E-state index contributed by atoms with van der Waals surface area (Å²) in [6.45, 7) is 3.06. The zero-order valence-corrected chi connectivity index (χ0v) is 11.6. The van der Waals surface area contributed by atoms with Gasteiger partial charge in [-0.25, -0.2) is 14.2 Å². The summed E-state index contributed by atoms with van der Waals surface area (Å²) in [6, 6.07) is 3.04. The molecule has 2 rings (SSSR count).